The van der Waals surface area contributed by atoms with Gasteiger partial charge < -0.3 is 20.5 Å². The Balaban J connectivity index is 2.11. The Morgan fingerprint density at radius 1 is 1.59 bits per heavy atom. The summed E-state index contributed by atoms with van der Waals surface area (Å²) in [6.45, 7) is 1.13. The first-order valence-electron chi connectivity index (χ1n) is 5.53. The van der Waals surface area contributed by atoms with E-state index < -0.39 is 0 Å². The van der Waals surface area contributed by atoms with Crippen LogP contribution in [-0.4, -0.2) is 26.2 Å². The number of methoxy groups -OCH3 is 1. The van der Waals surface area contributed by atoms with Crippen molar-refractivity contribution in [3.8, 4) is 5.75 Å². The minimum Gasteiger partial charge on any atom is -0.495 e. The number of hydrogen-bond acceptors (Lipinski definition) is 4. The van der Waals surface area contributed by atoms with E-state index in [1.165, 1.54) is 0 Å². The van der Waals surface area contributed by atoms with Crippen LogP contribution in [0.1, 0.15) is 6.42 Å². The zero-order valence-electron chi connectivity index (χ0n) is 9.73. The summed E-state index contributed by atoms with van der Waals surface area (Å²) in [5.74, 6) is 0.471. The zero-order chi connectivity index (χ0) is 12.3. The number of nitrogens with two attached hydrogens (primary N) is 1. The lowest BCUT2D eigenvalue weighted by Crippen LogP contribution is -2.23. The van der Waals surface area contributed by atoms with Gasteiger partial charge in [0.15, 0.2) is 0 Å². The lowest BCUT2D eigenvalue weighted by atomic mass is 10.1. The van der Waals surface area contributed by atoms with Crippen LogP contribution >= 0.6 is 0 Å². The monoisotopic (exact) mass is 236 g/mol. The summed E-state index contributed by atoms with van der Waals surface area (Å²) >= 11 is 0. The van der Waals surface area contributed by atoms with Gasteiger partial charge >= 0.3 is 0 Å². The van der Waals surface area contributed by atoms with Crippen LogP contribution in [0.3, 0.4) is 0 Å². The topological polar surface area (TPSA) is 73.6 Å². The third-order valence-electron chi connectivity index (χ3n) is 2.78. The van der Waals surface area contributed by atoms with E-state index in [0.29, 0.717) is 30.3 Å². The SMILES string of the molecule is COc1ccc(N)cc1NC(=O)C1CCOC1. The van der Waals surface area contributed by atoms with Crippen molar-refractivity contribution in [1.82, 2.24) is 0 Å². The number of amides is 1. The molecule has 1 aromatic rings. The average molecular weight is 236 g/mol. The van der Waals surface area contributed by atoms with Crippen molar-refractivity contribution in [1.29, 1.82) is 0 Å². The molecule has 1 heterocycles. The van der Waals surface area contributed by atoms with Gasteiger partial charge in [0.2, 0.25) is 5.91 Å². The van der Waals surface area contributed by atoms with Gasteiger partial charge in [-0.1, -0.05) is 0 Å². The number of carbonyl (C=O) groups is 1. The van der Waals surface area contributed by atoms with Crippen molar-refractivity contribution in [2.75, 3.05) is 31.4 Å². The minimum absolute atomic E-state index is 0.0496. The molecule has 1 atom stereocenters. The predicted octanol–water partition coefficient (Wildman–Crippen LogP) is 1.25. The molecular formula is C12H16N2O3. The first-order valence-corrected chi connectivity index (χ1v) is 5.53. The summed E-state index contributed by atoms with van der Waals surface area (Å²) in [5.41, 5.74) is 6.87. The maximum atomic E-state index is 11.9. The van der Waals surface area contributed by atoms with E-state index in [1.807, 2.05) is 0 Å². The Labute approximate surface area is 99.9 Å². The summed E-state index contributed by atoms with van der Waals surface area (Å²) < 4.78 is 10.3. The third kappa shape index (κ3) is 2.68. The summed E-state index contributed by atoms with van der Waals surface area (Å²) in [6, 6.07) is 5.15. The van der Waals surface area contributed by atoms with E-state index in [4.69, 9.17) is 15.2 Å². The molecular weight excluding hydrogens is 220 g/mol. The highest BCUT2D eigenvalue weighted by molar-refractivity contribution is 5.94. The molecule has 1 amide bonds. The van der Waals surface area contributed by atoms with E-state index in [-0.39, 0.29) is 11.8 Å². The molecule has 1 unspecified atom stereocenters. The fourth-order valence-corrected chi connectivity index (χ4v) is 1.80. The molecule has 0 radical (unpaired) electrons. The summed E-state index contributed by atoms with van der Waals surface area (Å²) in [5, 5.41) is 2.82. The normalized spacial score (nSPS) is 19.0. The fourth-order valence-electron chi connectivity index (χ4n) is 1.80. The Kier molecular flexibility index (Phi) is 3.49. The minimum atomic E-state index is -0.0823. The Morgan fingerprint density at radius 2 is 2.41 bits per heavy atom. The van der Waals surface area contributed by atoms with Crippen LogP contribution in [0.4, 0.5) is 11.4 Å². The van der Waals surface area contributed by atoms with Crippen molar-refractivity contribution in [3.05, 3.63) is 18.2 Å². The lowest BCUT2D eigenvalue weighted by Gasteiger charge is -2.13. The van der Waals surface area contributed by atoms with E-state index in [0.717, 1.165) is 6.42 Å². The Morgan fingerprint density at radius 3 is 3.06 bits per heavy atom. The predicted molar refractivity (Wildman–Crippen MR) is 65.0 cm³/mol. The highest BCUT2D eigenvalue weighted by Crippen LogP contribution is 2.27. The van der Waals surface area contributed by atoms with E-state index >= 15 is 0 Å². The molecule has 3 N–H and O–H groups in total. The number of anilines is 2. The van der Waals surface area contributed by atoms with Crippen molar-refractivity contribution in [2.24, 2.45) is 5.92 Å². The Hall–Kier alpha value is -1.75. The average Bonchev–Trinajstić information content (AvgIpc) is 2.83. The lowest BCUT2D eigenvalue weighted by molar-refractivity contribution is -0.119. The van der Waals surface area contributed by atoms with E-state index in [1.54, 1.807) is 25.3 Å². The molecule has 1 fully saturated rings. The molecule has 1 saturated heterocycles. The fraction of sp³-hybridized carbons (Fsp3) is 0.417. The molecule has 2 rings (SSSR count). The molecule has 0 spiro atoms. The van der Waals surface area contributed by atoms with Crippen molar-refractivity contribution < 1.29 is 14.3 Å². The number of benzene rings is 1. The number of rotatable bonds is 3. The largest absolute Gasteiger partial charge is 0.495 e. The summed E-state index contributed by atoms with van der Waals surface area (Å²) in [6.07, 6.45) is 0.760. The van der Waals surface area contributed by atoms with E-state index in [9.17, 15) is 4.79 Å². The molecule has 0 aliphatic carbocycles. The number of nitrogen functional groups attached to an aromatic ring is 1. The van der Waals surface area contributed by atoms with Gasteiger partial charge in [-0.25, -0.2) is 0 Å². The molecule has 5 nitrogen and oxygen atoms in total. The van der Waals surface area contributed by atoms with Crippen molar-refractivity contribution in [2.45, 2.75) is 6.42 Å². The highest BCUT2D eigenvalue weighted by Gasteiger charge is 2.24. The van der Waals surface area contributed by atoms with Crippen LogP contribution in [-0.2, 0) is 9.53 Å². The van der Waals surface area contributed by atoms with Gasteiger partial charge in [0.25, 0.3) is 0 Å². The van der Waals surface area contributed by atoms with Gasteiger partial charge in [0.05, 0.1) is 25.3 Å². The number of hydrogen-bond donors (Lipinski definition) is 2. The maximum Gasteiger partial charge on any atom is 0.230 e. The molecule has 5 heteroatoms. The van der Waals surface area contributed by atoms with Crippen LogP contribution in [0.15, 0.2) is 18.2 Å². The molecule has 1 aromatic carbocycles. The molecule has 92 valence electrons. The standard InChI is InChI=1S/C12H16N2O3/c1-16-11-3-2-9(13)6-10(11)14-12(15)8-4-5-17-7-8/h2-3,6,8H,4-5,7,13H2,1H3,(H,14,15). The quantitative estimate of drug-likeness (QED) is 0.775. The van der Waals surface area contributed by atoms with Gasteiger partial charge in [0.1, 0.15) is 5.75 Å². The van der Waals surface area contributed by atoms with Gasteiger partial charge in [-0.3, -0.25) is 4.79 Å². The molecule has 0 bridgehead atoms. The molecule has 17 heavy (non-hydrogen) atoms. The molecule has 0 aromatic heterocycles. The van der Waals surface area contributed by atoms with Crippen LogP contribution in [0.2, 0.25) is 0 Å². The van der Waals surface area contributed by atoms with Gasteiger partial charge in [0, 0.05) is 12.3 Å². The molecule has 0 saturated carbocycles. The van der Waals surface area contributed by atoms with Gasteiger partial charge in [-0.2, -0.15) is 0 Å². The smallest absolute Gasteiger partial charge is 0.230 e. The summed E-state index contributed by atoms with van der Waals surface area (Å²) in [7, 11) is 1.56. The van der Waals surface area contributed by atoms with Crippen molar-refractivity contribution >= 4 is 17.3 Å². The number of nitrogens with one attached hydrogen (secondary N) is 1. The Bertz CT molecular complexity index is 414. The number of ether oxygens (including phenoxy) is 2. The second kappa shape index (κ2) is 5.05. The second-order valence-electron chi connectivity index (χ2n) is 4.01. The zero-order valence-corrected chi connectivity index (χ0v) is 9.73. The van der Waals surface area contributed by atoms with Gasteiger partial charge in [-0.15, -0.1) is 0 Å². The first-order chi connectivity index (χ1) is 8.20. The number of carbonyl (C=O) groups excluding carboxylic acids is 1. The van der Waals surface area contributed by atoms with E-state index in [2.05, 4.69) is 5.32 Å². The van der Waals surface area contributed by atoms with Crippen LogP contribution in [0.25, 0.3) is 0 Å². The van der Waals surface area contributed by atoms with Crippen molar-refractivity contribution in [3.63, 3.8) is 0 Å². The third-order valence-corrected chi connectivity index (χ3v) is 2.78. The second-order valence-corrected chi connectivity index (χ2v) is 4.01. The van der Waals surface area contributed by atoms with Crippen LogP contribution in [0, 0.1) is 5.92 Å². The summed E-state index contributed by atoms with van der Waals surface area (Å²) in [4.78, 5) is 11.9. The highest BCUT2D eigenvalue weighted by atomic mass is 16.5. The van der Waals surface area contributed by atoms with Gasteiger partial charge in [-0.05, 0) is 24.6 Å². The van der Waals surface area contributed by atoms with Crippen LogP contribution < -0.4 is 15.8 Å². The van der Waals surface area contributed by atoms with Crippen LogP contribution in [0.5, 0.6) is 5.75 Å². The molecule has 1 aliphatic rings. The first kappa shape index (κ1) is 11.7. The molecule has 1 aliphatic heterocycles. The maximum absolute atomic E-state index is 11.9.